The van der Waals surface area contributed by atoms with Gasteiger partial charge < -0.3 is 23.9 Å². The van der Waals surface area contributed by atoms with Crippen molar-refractivity contribution in [2.24, 2.45) is 0 Å². The molecule has 0 saturated carbocycles. The van der Waals surface area contributed by atoms with E-state index in [-0.39, 0.29) is 11.0 Å². The Morgan fingerprint density at radius 2 is 1.91 bits per heavy atom. The van der Waals surface area contributed by atoms with Crippen LogP contribution in [0.15, 0.2) is 0 Å². The molecular formula is C5H14NO4P. The maximum atomic E-state index is 10.3. The second-order valence-electron chi connectivity index (χ2n) is 3.52. The van der Waals surface area contributed by atoms with Crippen molar-refractivity contribution in [1.82, 2.24) is 0 Å². The van der Waals surface area contributed by atoms with Gasteiger partial charge in [0.05, 0.1) is 21.1 Å². The molecule has 0 fully saturated rings. The Morgan fingerprint density at radius 3 is 2.00 bits per heavy atom. The van der Waals surface area contributed by atoms with E-state index in [1.165, 1.54) is 0 Å². The molecule has 1 unspecified atom stereocenters. The lowest BCUT2D eigenvalue weighted by Crippen LogP contribution is -2.42. The number of aliphatic hydroxyl groups is 1. The first-order valence-electron chi connectivity index (χ1n) is 3.15. The van der Waals surface area contributed by atoms with Crippen LogP contribution in [-0.4, -0.2) is 48.0 Å². The van der Waals surface area contributed by atoms with Crippen molar-refractivity contribution < 1.29 is 23.9 Å². The van der Waals surface area contributed by atoms with Crippen molar-refractivity contribution in [3.8, 4) is 0 Å². The summed E-state index contributed by atoms with van der Waals surface area (Å²) in [5.74, 6) is -1.66. The van der Waals surface area contributed by atoms with E-state index in [4.69, 9.17) is 10.00 Å². The monoisotopic (exact) mass is 183 g/mol. The normalized spacial score (nSPS) is 20.9. The Bertz CT molecular complexity index is 170. The number of rotatable bonds is 3. The van der Waals surface area contributed by atoms with Crippen molar-refractivity contribution in [3.63, 3.8) is 0 Å². The van der Waals surface area contributed by atoms with E-state index in [0.717, 1.165) is 0 Å². The highest BCUT2D eigenvalue weighted by Gasteiger charge is 2.23. The first-order chi connectivity index (χ1) is 4.63. The number of quaternary nitrogens is 1. The molecule has 5 nitrogen and oxygen atoms in total. The van der Waals surface area contributed by atoms with Crippen LogP contribution in [0.1, 0.15) is 0 Å². The highest BCUT2D eigenvalue weighted by molar-refractivity contribution is 7.50. The van der Waals surface area contributed by atoms with E-state index in [1.807, 2.05) is 0 Å². The Labute approximate surface area is 66.0 Å². The third-order valence-corrected chi connectivity index (χ3v) is 2.00. The van der Waals surface area contributed by atoms with Crippen LogP contribution in [0.5, 0.6) is 0 Å². The fourth-order valence-corrected chi connectivity index (χ4v) is 1.29. The second kappa shape index (κ2) is 3.21. The highest BCUT2D eigenvalue weighted by atomic mass is 31.2. The quantitative estimate of drug-likeness (QED) is 0.414. The first-order valence-corrected chi connectivity index (χ1v) is 4.79. The van der Waals surface area contributed by atoms with E-state index in [1.54, 1.807) is 21.1 Å². The maximum absolute atomic E-state index is 10.3. The van der Waals surface area contributed by atoms with Gasteiger partial charge in [0.15, 0.2) is 13.4 Å². The molecular weight excluding hydrogens is 169 g/mol. The largest absolute Gasteiger partial charge is 0.777 e. The fourth-order valence-electron chi connectivity index (χ4n) is 0.593. The number of hydrogen-bond acceptors (Lipinski definition) is 3. The zero-order chi connectivity index (χ0) is 9.28. The summed E-state index contributed by atoms with van der Waals surface area (Å²) in [7, 11) is 0.600. The summed E-state index contributed by atoms with van der Waals surface area (Å²) < 4.78 is 10.6. The summed E-state index contributed by atoms with van der Waals surface area (Å²) in [6, 6.07) is 0. The Balaban J connectivity index is 4.10. The van der Waals surface area contributed by atoms with Crippen molar-refractivity contribution in [2.45, 2.75) is 5.85 Å². The highest BCUT2D eigenvalue weighted by Crippen LogP contribution is 2.34. The zero-order valence-corrected chi connectivity index (χ0v) is 7.78. The van der Waals surface area contributed by atoms with Gasteiger partial charge in [-0.3, -0.25) is 0 Å². The Kier molecular flexibility index (Phi) is 3.23. The summed E-state index contributed by atoms with van der Waals surface area (Å²) in [5, 5.41) is 8.88. The molecule has 0 spiro atoms. The SMILES string of the molecule is C[N+](C)(C)C[C@H](O)P(=O)([O-])O. The molecule has 0 aromatic carbocycles. The molecule has 68 valence electrons. The topological polar surface area (TPSA) is 80.6 Å². The molecule has 0 aromatic rings. The second-order valence-corrected chi connectivity index (χ2v) is 5.24. The molecule has 0 aliphatic rings. The van der Waals surface area contributed by atoms with Gasteiger partial charge in [-0.05, 0) is 0 Å². The third-order valence-electron chi connectivity index (χ3n) is 1.09. The molecule has 0 aromatic heterocycles. The van der Waals surface area contributed by atoms with Crippen LogP contribution >= 0.6 is 7.60 Å². The zero-order valence-electron chi connectivity index (χ0n) is 6.89. The van der Waals surface area contributed by atoms with Gasteiger partial charge in [0, 0.05) is 0 Å². The molecule has 0 heterocycles. The predicted molar refractivity (Wildman–Crippen MR) is 38.7 cm³/mol. The molecule has 0 aliphatic carbocycles. The lowest BCUT2D eigenvalue weighted by molar-refractivity contribution is -0.872. The van der Waals surface area contributed by atoms with E-state index >= 15 is 0 Å². The van der Waals surface area contributed by atoms with Gasteiger partial charge in [-0.2, -0.15) is 0 Å². The smallest absolute Gasteiger partial charge is 0.166 e. The van der Waals surface area contributed by atoms with Crippen LogP contribution in [0, 0.1) is 0 Å². The molecule has 0 amide bonds. The Morgan fingerprint density at radius 1 is 1.55 bits per heavy atom. The van der Waals surface area contributed by atoms with Gasteiger partial charge in [-0.1, -0.05) is 0 Å². The third kappa shape index (κ3) is 5.35. The molecule has 2 atom stereocenters. The van der Waals surface area contributed by atoms with Gasteiger partial charge in [0.25, 0.3) is 0 Å². The summed E-state index contributed by atoms with van der Waals surface area (Å²) in [6.07, 6.45) is 0. The van der Waals surface area contributed by atoms with Crippen molar-refractivity contribution in [1.29, 1.82) is 0 Å². The van der Waals surface area contributed by atoms with E-state index in [9.17, 15) is 9.46 Å². The summed E-state index contributed by atoms with van der Waals surface area (Å²) in [5.41, 5.74) is 0. The lowest BCUT2D eigenvalue weighted by Gasteiger charge is -2.30. The van der Waals surface area contributed by atoms with Crippen LogP contribution in [0.3, 0.4) is 0 Å². The molecule has 0 rings (SSSR count). The maximum Gasteiger partial charge on any atom is 0.166 e. The van der Waals surface area contributed by atoms with Crippen molar-refractivity contribution in [3.05, 3.63) is 0 Å². The molecule has 0 aliphatic heterocycles. The Hall–Kier alpha value is 0.0700. The minimum absolute atomic E-state index is 0.0166. The van der Waals surface area contributed by atoms with E-state index < -0.39 is 13.4 Å². The van der Waals surface area contributed by atoms with Crippen molar-refractivity contribution in [2.75, 3.05) is 27.7 Å². The van der Waals surface area contributed by atoms with Crippen LogP contribution in [0.2, 0.25) is 0 Å². The fraction of sp³-hybridized carbons (Fsp3) is 1.00. The molecule has 0 bridgehead atoms. The molecule has 2 N–H and O–H groups in total. The molecule has 0 radical (unpaired) electrons. The van der Waals surface area contributed by atoms with Gasteiger partial charge >= 0.3 is 0 Å². The standard InChI is InChI=1S/C5H14NO4P/c1-6(2,3)4-5(7)11(8,9)10/h5,7H,4H2,1-3H3,(H-,8,9,10)/t5-/m1/s1. The van der Waals surface area contributed by atoms with E-state index in [0.29, 0.717) is 0 Å². The molecule has 11 heavy (non-hydrogen) atoms. The van der Waals surface area contributed by atoms with Crippen LogP contribution in [-0.2, 0) is 4.57 Å². The predicted octanol–water partition coefficient (Wildman–Crippen LogP) is -1.44. The van der Waals surface area contributed by atoms with Gasteiger partial charge in [-0.15, -0.1) is 0 Å². The van der Waals surface area contributed by atoms with Gasteiger partial charge in [0.2, 0.25) is 0 Å². The first kappa shape index (κ1) is 11.1. The van der Waals surface area contributed by atoms with Gasteiger partial charge in [-0.25, -0.2) is 0 Å². The van der Waals surface area contributed by atoms with Crippen molar-refractivity contribution >= 4 is 7.60 Å². The minimum atomic E-state index is -4.56. The average Bonchev–Trinajstić information content (AvgIpc) is 1.56. The molecule has 6 heteroatoms. The van der Waals surface area contributed by atoms with Crippen LogP contribution in [0.25, 0.3) is 0 Å². The van der Waals surface area contributed by atoms with E-state index in [2.05, 4.69) is 0 Å². The number of likely N-dealkylation sites (N-methyl/N-ethyl adjacent to an activating group) is 1. The van der Waals surface area contributed by atoms with Crippen LogP contribution in [0.4, 0.5) is 0 Å². The summed E-state index contributed by atoms with van der Waals surface area (Å²) in [4.78, 5) is 18.7. The number of hydrogen-bond donors (Lipinski definition) is 2. The molecule has 0 saturated heterocycles. The van der Waals surface area contributed by atoms with Crippen LogP contribution < -0.4 is 4.89 Å². The lowest BCUT2D eigenvalue weighted by atomic mass is 10.5. The summed E-state index contributed by atoms with van der Waals surface area (Å²) >= 11 is 0. The number of aliphatic hydroxyl groups excluding tert-OH is 1. The number of nitrogens with zero attached hydrogens (tertiary/aromatic N) is 1. The minimum Gasteiger partial charge on any atom is -0.777 e. The van der Waals surface area contributed by atoms with Gasteiger partial charge in [0.1, 0.15) is 6.54 Å². The summed E-state index contributed by atoms with van der Waals surface area (Å²) in [6.45, 7) is -0.0166. The average molecular weight is 183 g/mol.